The first-order valence-corrected chi connectivity index (χ1v) is 35.6. The number of rotatable bonds is 13. The van der Waals surface area contributed by atoms with Crippen LogP contribution in [0, 0.1) is 64.1 Å². The molecule has 6 aromatic heterocycles. The number of carbonyl (C=O) groups excluding carboxylic acids is 4. The van der Waals surface area contributed by atoms with Gasteiger partial charge in [0.15, 0.2) is 0 Å². The Hall–Kier alpha value is -8.20. The quantitative estimate of drug-likeness (QED) is 0.0206. The zero-order valence-electron chi connectivity index (χ0n) is 60.1. The number of carbonyl (C=O) groups is 5. The first kappa shape index (κ1) is 81.5. The summed E-state index contributed by atoms with van der Waals surface area (Å²) in [5.41, 5.74) is 6.56. The van der Waals surface area contributed by atoms with Crippen molar-refractivity contribution in [2.24, 2.45) is 52.0 Å². The van der Waals surface area contributed by atoms with Crippen molar-refractivity contribution >= 4 is 81.0 Å². The maximum Gasteiger partial charge on any atom is 0.350 e. The highest BCUT2D eigenvalue weighted by Gasteiger charge is 2.40. The van der Waals surface area contributed by atoms with Crippen LogP contribution in [0.25, 0.3) is 0 Å². The Kier molecular flexibility index (Phi) is 33.5. The molecule has 6 heterocycles. The summed E-state index contributed by atoms with van der Waals surface area (Å²) < 4.78 is 16.9. The number of halogens is 1. The van der Waals surface area contributed by atoms with E-state index in [0.29, 0.717) is 58.6 Å². The molecule has 4 fully saturated rings. The molecule has 24 heteroatoms. The standard InChI is InChI=1S/C31H42N4O3S.C26H35NO4S.2C6H9N3.C5H4FN.CH6N2/c1-21-9-11-22(12-10-21)29(36)35(26-20-25(17-18-31(2,3)4)39-28(26)30(37)38)24-15-13-23(14-16-24)33-34(5)27-8-6-7-19-32-27;1-17-6-8-18(9-7-17)24(29)27(19-10-12-20(28)13-11-19)22-16-21(14-15-26(2,3)4)32-23(22)25(30)31-5;2*1-9(7)6-4-2-3-5-8-6;6-5-3-1-2-4-7-5;1-3-2/h6-8,19-24,33H,9-16H2,1-5H3,(H,37,38);16-19H,6-13H2,1-5H3;2*2-5H,7H2,1H3;1-4H;3H,2H2,1H3. The highest BCUT2D eigenvalue weighted by atomic mass is 32.1. The fraction of sp³-hybridized carbons (Fsp3) is 0.507. The number of aromatic nitrogens is 4. The van der Waals surface area contributed by atoms with E-state index in [1.165, 1.54) is 52.1 Å². The molecule has 9 N–H and O–H groups in total. The summed E-state index contributed by atoms with van der Waals surface area (Å²) in [6.07, 6.45) is 19.9. The van der Waals surface area contributed by atoms with Gasteiger partial charge in [0.1, 0.15) is 33.0 Å². The lowest BCUT2D eigenvalue weighted by Crippen LogP contribution is -2.50. The van der Waals surface area contributed by atoms with Gasteiger partial charge in [-0.15, -0.1) is 22.7 Å². The Balaban J connectivity index is 0.000000258. The Morgan fingerprint density at radius 1 is 0.586 bits per heavy atom. The Morgan fingerprint density at radius 3 is 1.30 bits per heavy atom. The largest absolute Gasteiger partial charge is 0.477 e. The molecule has 0 spiro atoms. The molecule has 4 aliphatic carbocycles. The average molecular weight is 1400 g/mol. The van der Waals surface area contributed by atoms with Crippen LogP contribution in [0.3, 0.4) is 0 Å². The molecule has 0 atom stereocenters. The van der Waals surface area contributed by atoms with Gasteiger partial charge in [0.25, 0.3) is 0 Å². The van der Waals surface area contributed by atoms with E-state index < -0.39 is 17.9 Å². The molecule has 99 heavy (non-hydrogen) atoms. The summed E-state index contributed by atoms with van der Waals surface area (Å²) in [6.45, 7) is 16.7. The van der Waals surface area contributed by atoms with Crippen molar-refractivity contribution in [3.63, 3.8) is 0 Å². The van der Waals surface area contributed by atoms with Crippen LogP contribution < -0.4 is 53.2 Å². The lowest BCUT2D eigenvalue weighted by molar-refractivity contribution is -0.125. The van der Waals surface area contributed by atoms with E-state index in [-0.39, 0.29) is 63.3 Å². The molecular weight excluding hydrogens is 1290 g/mol. The molecule has 2 amide bonds. The second-order valence-electron chi connectivity index (χ2n) is 27.5. The van der Waals surface area contributed by atoms with Crippen LogP contribution in [0.4, 0.5) is 33.2 Å². The summed E-state index contributed by atoms with van der Waals surface area (Å²) in [7, 11) is 8.49. The van der Waals surface area contributed by atoms with E-state index in [1.807, 2.05) is 130 Å². The van der Waals surface area contributed by atoms with Crippen LogP contribution in [0.15, 0.2) is 110 Å². The van der Waals surface area contributed by atoms with Crippen molar-refractivity contribution in [3.8, 4) is 23.7 Å². The smallest absolute Gasteiger partial charge is 0.350 e. The van der Waals surface area contributed by atoms with Gasteiger partial charge in [-0.2, -0.15) is 4.39 Å². The highest BCUT2D eigenvalue weighted by molar-refractivity contribution is 7.15. The van der Waals surface area contributed by atoms with E-state index in [2.05, 4.69) is 74.2 Å². The number of nitrogens with one attached hydrogen (secondary N) is 2. The second kappa shape index (κ2) is 40.8. The molecule has 10 rings (SSSR count). The molecule has 21 nitrogen and oxygen atoms in total. The van der Waals surface area contributed by atoms with Gasteiger partial charge in [-0.3, -0.25) is 40.7 Å². The number of ether oxygens (including phenoxy) is 1. The number of anilines is 5. The van der Waals surface area contributed by atoms with Gasteiger partial charge in [-0.05, 0) is 211 Å². The first-order valence-electron chi connectivity index (χ1n) is 34.0. The number of esters is 1. The number of Topliss-reactive ketones (excluding diaryl/α,β-unsaturated/α-hetero) is 1. The van der Waals surface area contributed by atoms with Gasteiger partial charge in [-0.25, -0.2) is 46.6 Å². The highest BCUT2D eigenvalue weighted by Crippen LogP contribution is 2.41. The minimum Gasteiger partial charge on any atom is -0.477 e. The number of methoxy groups -OCH3 is 1. The van der Waals surface area contributed by atoms with Gasteiger partial charge in [-0.1, -0.05) is 61.8 Å². The number of aromatic carboxylic acids is 1. The minimum atomic E-state index is -0.999. The zero-order chi connectivity index (χ0) is 72.8. The Bertz CT molecular complexity index is 3510. The number of amides is 2. The Labute approximate surface area is 594 Å². The third kappa shape index (κ3) is 27.8. The number of hydrazine groups is 4. The van der Waals surface area contributed by atoms with Crippen molar-refractivity contribution < 1.29 is 38.2 Å². The number of ketones is 1. The lowest BCUT2D eigenvalue weighted by atomic mass is 9.81. The molecule has 6 aromatic rings. The molecule has 4 saturated carbocycles. The van der Waals surface area contributed by atoms with Gasteiger partial charge < -0.3 is 19.6 Å². The molecule has 4 aliphatic rings. The van der Waals surface area contributed by atoms with Crippen LogP contribution in [0.2, 0.25) is 0 Å². The number of hydrogen-bond donors (Lipinski definition) is 6. The summed E-state index contributed by atoms with van der Waals surface area (Å²) in [5.74, 6) is 30.3. The number of nitrogens with two attached hydrogens (primary N) is 3. The summed E-state index contributed by atoms with van der Waals surface area (Å²) >= 11 is 2.46. The van der Waals surface area contributed by atoms with Crippen LogP contribution >= 0.6 is 22.7 Å². The average Bonchev–Trinajstić information content (AvgIpc) is 1.72. The third-order valence-corrected chi connectivity index (χ3v) is 18.8. The van der Waals surface area contributed by atoms with Crippen LogP contribution in [-0.2, 0) is 19.1 Å². The zero-order valence-corrected chi connectivity index (χ0v) is 61.7. The maximum atomic E-state index is 14.1. The van der Waals surface area contributed by atoms with Crippen molar-refractivity contribution in [1.29, 1.82) is 0 Å². The minimum absolute atomic E-state index is 0.0359. The molecular formula is C75H105FN14O7S2. The van der Waals surface area contributed by atoms with Crippen LogP contribution in [-0.4, -0.2) is 108 Å². The molecule has 0 bridgehead atoms. The van der Waals surface area contributed by atoms with Crippen molar-refractivity contribution in [2.45, 2.75) is 176 Å². The summed E-state index contributed by atoms with van der Waals surface area (Å²) in [6, 6.07) is 25.5. The number of thiophene rings is 2. The number of nitrogens with zero attached hydrogens (tertiary/aromatic N) is 9. The second-order valence-corrected chi connectivity index (χ2v) is 29.6. The molecule has 0 aromatic carbocycles. The van der Waals surface area contributed by atoms with E-state index in [0.717, 1.165) is 99.4 Å². The Morgan fingerprint density at radius 2 is 0.970 bits per heavy atom. The van der Waals surface area contributed by atoms with Crippen molar-refractivity contribution in [3.05, 3.63) is 135 Å². The number of hydrogen-bond acceptors (Lipinski definition) is 20. The van der Waals surface area contributed by atoms with E-state index in [1.54, 1.807) is 51.9 Å². The molecule has 0 radical (unpaired) electrons. The third-order valence-electron chi connectivity index (χ3n) is 16.8. The van der Waals surface area contributed by atoms with Crippen LogP contribution in [0.1, 0.15) is 187 Å². The van der Waals surface area contributed by atoms with E-state index >= 15 is 0 Å². The van der Waals surface area contributed by atoms with E-state index in [4.69, 9.17) is 16.4 Å². The molecule has 536 valence electrons. The summed E-state index contributed by atoms with van der Waals surface area (Å²) in [5, 5.41) is 15.0. The first-order chi connectivity index (χ1) is 47.0. The molecule has 0 aliphatic heterocycles. The number of pyridine rings is 4. The van der Waals surface area contributed by atoms with Crippen molar-refractivity contribution in [1.82, 2.24) is 30.8 Å². The SMILES string of the molecule is CC1CCC(C(=O)N(c2cc(C#CC(C)(C)C)sc2C(=O)O)C2CCC(NN(C)c3ccccn3)CC2)CC1.CN(N)c1ccccn1.CN(N)c1ccccn1.CNN.COC(=O)c1sc(C#CC(C)(C)C)cc1N(C(=O)C1CCC(C)CC1)C1CCC(=O)CC1.Fc1ccccn1. The van der Waals surface area contributed by atoms with Gasteiger partial charge in [0, 0.05) is 99.6 Å². The fourth-order valence-corrected chi connectivity index (χ4v) is 13.3. The summed E-state index contributed by atoms with van der Waals surface area (Å²) in [4.78, 5) is 86.3. The van der Waals surface area contributed by atoms with Crippen LogP contribution in [0.5, 0.6) is 0 Å². The predicted octanol–water partition coefficient (Wildman–Crippen LogP) is 13.0. The van der Waals surface area contributed by atoms with Gasteiger partial charge in [0.05, 0.1) is 28.2 Å². The molecule has 0 unspecified atom stereocenters. The fourth-order valence-electron chi connectivity index (χ4n) is 11.5. The van der Waals surface area contributed by atoms with Gasteiger partial charge in [0.2, 0.25) is 17.8 Å². The lowest BCUT2D eigenvalue weighted by Gasteiger charge is -2.40. The molecule has 0 saturated heterocycles. The number of carboxylic acid groups (broad SMARTS) is 1. The van der Waals surface area contributed by atoms with Crippen molar-refractivity contribution in [2.75, 3.05) is 60.1 Å². The maximum absolute atomic E-state index is 14.1. The van der Waals surface area contributed by atoms with E-state index in [9.17, 15) is 33.5 Å². The predicted molar refractivity (Wildman–Crippen MR) is 397 cm³/mol. The monoisotopic (exact) mass is 1400 g/mol. The topological polar surface area (TPSA) is 285 Å². The van der Waals surface area contributed by atoms with Gasteiger partial charge >= 0.3 is 11.9 Å². The number of carboxylic acids is 1. The normalized spacial score (nSPS) is 18.8.